The van der Waals surface area contributed by atoms with Crippen molar-refractivity contribution in [3.8, 4) is 0 Å². The smallest absolute Gasteiger partial charge is 0.310 e. The molecular weight excluding hydrogens is 320 g/mol. The Labute approximate surface area is 131 Å². The molecule has 1 aliphatic carbocycles. The molecule has 7 heteroatoms. The average molecular weight is 334 g/mol. The minimum Gasteiger partial charge on any atom is -0.481 e. The third-order valence-corrected chi connectivity index (χ3v) is 4.38. The van der Waals surface area contributed by atoms with E-state index >= 15 is 0 Å². The summed E-state index contributed by atoms with van der Waals surface area (Å²) >= 11 is 11.7. The Hall–Kier alpha value is -1.33. The van der Waals surface area contributed by atoms with Crippen LogP contribution in [0.5, 0.6) is 0 Å². The van der Waals surface area contributed by atoms with Crippen molar-refractivity contribution in [3.05, 3.63) is 28.0 Å². The largest absolute Gasteiger partial charge is 0.481 e. The third kappa shape index (κ3) is 3.47. The fraction of sp³-hybridized carbons (Fsp3) is 0.429. The first kappa shape index (κ1) is 16.0. The van der Waals surface area contributed by atoms with Gasteiger partial charge in [0, 0.05) is 6.42 Å². The SMILES string of the molecule is O=C(CC1(C(=O)O)CCCC1)Nc1c(Cl)cc(F)cc1Cl. The van der Waals surface area contributed by atoms with Crippen LogP contribution < -0.4 is 5.32 Å². The van der Waals surface area contributed by atoms with Gasteiger partial charge >= 0.3 is 5.97 Å². The highest BCUT2D eigenvalue weighted by Gasteiger charge is 2.43. The van der Waals surface area contributed by atoms with Crippen LogP contribution in [0.15, 0.2) is 12.1 Å². The Morgan fingerprint density at radius 1 is 1.24 bits per heavy atom. The topological polar surface area (TPSA) is 66.4 Å². The van der Waals surface area contributed by atoms with E-state index in [9.17, 15) is 19.1 Å². The summed E-state index contributed by atoms with van der Waals surface area (Å²) < 4.78 is 13.1. The first-order valence-corrected chi connectivity index (χ1v) is 7.27. The van der Waals surface area contributed by atoms with E-state index in [1.165, 1.54) is 0 Å². The number of carboxylic acid groups (broad SMARTS) is 1. The van der Waals surface area contributed by atoms with Gasteiger partial charge in [0.1, 0.15) is 5.82 Å². The minimum absolute atomic E-state index is 0.0239. The zero-order valence-electron chi connectivity index (χ0n) is 11.1. The Morgan fingerprint density at radius 2 is 1.76 bits per heavy atom. The van der Waals surface area contributed by atoms with Crippen LogP contribution in [0.4, 0.5) is 10.1 Å². The molecule has 1 saturated carbocycles. The lowest BCUT2D eigenvalue weighted by atomic mass is 9.82. The Morgan fingerprint density at radius 3 is 2.24 bits per heavy atom. The highest BCUT2D eigenvalue weighted by Crippen LogP contribution is 2.42. The normalized spacial score (nSPS) is 16.7. The van der Waals surface area contributed by atoms with E-state index in [0.717, 1.165) is 25.0 Å². The van der Waals surface area contributed by atoms with Crippen LogP contribution in [0.25, 0.3) is 0 Å². The van der Waals surface area contributed by atoms with Crippen molar-refractivity contribution in [2.45, 2.75) is 32.1 Å². The molecule has 1 amide bonds. The maximum atomic E-state index is 13.1. The molecule has 0 unspecified atom stereocenters. The molecule has 0 aliphatic heterocycles. The van der Waals surface area contributed by atoms with Crippen molar-refractivity contribution in [2.24, 2.45) is 5.41 Å². The van der Waals surface area contributed by atoms with Crippen molar-refractivity contribution in [1.29, 1.82) is 0 Å². The number of carbonyl (C=O) groups is 2. The second kappa shape index (κ2) is 6.20. The number of hydrogen-bond acceptors (Lipinski definition) is 2. The fourth-order valence-electron chi connectivity index (χ4n) is 2.67. The highest BCUT2D eigenvalue weighted by atomic mass is 35.5. The van der Waals surface area contributed by atoms with Crippen molar-refractivity contribution in [1.82, 2.24) is 0 Å². The summed E-state index contributed by atoms with van der Waals surface area (Å²) in [5.41, 5.74) is -0.924. The lowest BCUT2D eigenvalue weighted by molar-refractivity contribution is -0.150. The molecule has 0 heterocycles. The van der Waals surface area contributed by atoms with E-state index in [1.807, 2.05) is 0 Å². The molecule has 0 atom stereocenters. The summed E-state index contributed by atoms with van der Waals surface area (Å²) in [4.78, 5) is 23.5. The van der Waals surface area contributed by atoms with E-state index in [1.54, 1.807) is 0 Å². The quantitative estimate of drug-likeness (QED) is 0.871. The summed E-state index contributed by atoms with van der Waals surface area (Å²) in [6, 6.07) is 2.07. The van der Waals surface area contributed by atoms with Crippen molar-refractivity contribution in [2.75, 3.05) is 5.32 Å². The second-order valence-electron chi connectivity index (χ2n) is 5.26. The summed E-state index contributed by atoms with van der Waals surface area (Å²) in [6.45, 7) is 0. The van der Waals surface area contributed by atoms with Gasteiger partial charge in [-0.2, -0.15) is 0 Å². The van der Waals surface area contributed by atoms with Crippen LogP contribution >= 0.6 is 23.2 Å². The second-order valence-corrected chi connectivity index (χ2v) is 6.08. The molecule has 2 rings (SSSR count). The molecule has 0 spiro atoms. The van der Waals surface area contributed by atoms with Crippen LogP contribution in [-0.2, 0) is 9.59 Å². The zero-order valence-corrected chi connectivity index (χ0v) is 12.6. The summed E-state index contributed by atoms with van der Waals surface area (Å²) in [5.74, 6) is -2.07. The van der Waals surface area contributed by atoms with Gasteiger partial charge < -0.3 is 10.4 Å². The molecule has 0 bridgehead atoms. The molecule has 2 N–H and O–H groups in total. The van der Waals surface area contributed by atoms with E-state index in [0.29, 0.717) is 12.8 Å². The van der Waals surface area contributed by atoms with Gasteiger partial charge in [-0.15, -0.1) is 0 Å². The molecule has 1 aliphatic rings. The molecule has 4 nitrogen and oxygen atoms in total. The number of anilines is 1. The van der Waals surface area contributed by atoms with Gasteiger partial charge in [0.25, 0.3) is 0 Å². The number of nitrogens with one attached hydrogen (secondary N) is 1. The van der Waals surface area contributed by atoms with Gasteiger partial charge in [0.2, 0.25) is 5.91 Å². The van der Waals surface area contributed by atoms with Gasteiger partial charge in [-0.25, -0.2) is 4.39 Å². The standard InChI is InChI=1S/C14H14Cl2FNO3/c15-9-5-8(17)6-10(16)12(9)18-11(19)7-14(13(20)21)3-1-2-4-14/h5-6H,1-4,7H2,(H,18,19)(H,20,21). The molecule has 0 saturated heterocycles. The molecule has 0 aromatic heterocycles. The van der Waals surface area contributed by atoms with Crippen LogP contribution in [0.3, 0.4) is 0 Å². The first-order chi connectivity index (χ1) is 9.84. The average Bonchev–Trinajstić information content (AvgIpc) is 2.83. The molecule has 114 valence electrons. The number of amides is 1. The van der Waals surface area contributed by atoms with Crippen LogP contribution in [-0.4, -0.2) is 17.0 Å². The number of carboxylic acids is 1. The van der Waals surface area contributed by atoms with Gasteiger partial charge in [-0.05, 0) is 25.0 Å². The van der Waals surface area contributed by atoms with Crippen LogP contribution in [0, 0.1) is 11.2 Å². The Kier molecular flexibility index (Phi) is 4.74. The molecule has 1 aromatic rings. The third-order valence-electron chi connectivity index (χ3n) is 3.78. The van der Waals surface area contributed by atoms with E-state index in [-0.39, 0.29) is 22.2 Å². The maximum absolute atomic E-state index is 13.1. The summed E-state index contributed by atoms with van der Waals surface area (Å²) in [7, 11) is 0. The van der Waals surface area contributed by atoms with Crippen molar-refractivity contribution < 1.29 is 19.1 Å². The molecule has 21 heavy (non-hydrogen) atoms. The number of aliphatic carboxylic acids is 1. The maximum Gasteiger partial charge on any atom is 0.310 e. The Balaban J connectivity index is 2.14. The molecule has 1 fully saturated rings. The van der Waals surface area contributed by atoms with E-state index in [4.69, 9.17) is 23.2 Å². The van der Waals surface area contributed by atoms with Crippen molar-refractivity contribution in [3.63, 3.8) is 0 Å². The summed E-state index contributed by atoms with van der Waals surface area (Å²) in [6.07, 6.45) is 2.38. The first-order valence-electron chi connectivity index (χ1n) is 6.52. The van der Waals surface area contributed by atoms with Gasteiger partial charge in [-0.3, -0.25) is 9.59 Å². The number of benzene rings is 1. The lowest BCUT2D eigenvalue weighted by Crippen LogP contribution is -2.32. The molecular formula is C14H14Cl2FNO3. The van der Waals surface area contributed by atoms with E-state index in [2.05, 4.69) is 5.32 Å². The van der Waals surface area contributed by atoms with Crippen molar-refractivity contribution >= 4 is 40.8 Å². The number of carbonyl (C=O) groups excluding carboxylic acids is 1. The number of halogens is 3. The van der Waals surface area contributed by atoms with Gasteiger partial charge in [-0.1, -0.05) is 36.0 Å². The highest BCUT2D eigenvalue weighted by molar-refractivity contribution is 6.39. The number of hydrogen-bond donors (Lipinski definition) is 2. The lowest BCUT2D eigenvalue weighted by Gasteiger charge is -2.23. The zero-order chi connectivity index (χ0) is 15.6. The van der Waals surface area contributed by atoms with E-state index < -0.39 is 23.1 Å². The fourth-order valence-corrected chi connectivity index (χ4v) is 3.23. The Bertz CT molecular complexity index is 563. The van der Waals surface area contributed by atoms with Crippen LogP contribution in [0.2, 0.25) is 10.0 Å². The van der Waals surface area contributed by atoms with Gasteiger partial charge in [0.15, 0.2) is 0 Å². The minimum atomic E-state index is -1.02. The molecule has 0 radical (unpaired) electrons. The number of rotatable bonds is 4. The summed E-state index contributed by atoms with van der Waals surface area (Å²) in [5, 5.41) is 11.8. The predicted molar refractivity (Wildman–Crippen MR) is 78.2 cm³/mol. The predicted octanol–water partition coefficient (Wildman–Crippen LogP) is 4.11. The van der Waals surface area contributed by atoms with Crippen LogP contribution in [0.1, 0.15) is 32.1 Å². The molecule has 1 aromatic carbocycles. The van der Waals surface area contributed by atoms with Gasteiger partial charge in [0.05, 0.1) is 21.1 Å². The monoisotopic (exact) mass is 333 g/mol.